The molecule has 0 radical (unpaired) electrons. The van der Waals surface area contributed by atoms with Crippen LogP contribution in [-0.2, 0) is 0 Å². The van der Waals surface area contributed by atoms with Crippen molar-refractivity contribution < 1.29 is 14.4 Å². The van der Waals surface area contributed by atoms with E-state index in [-0.39, 0.29) is 5.89 Å². The standard InChI is InChI=1S/C7H4N4O3/c12-7(13)5-10-6(14-11-5)4-1-2-8-3-9-4/h1-3H,(H,12,13). The molecule has 2 heterocycles. The molecule has 0 aliphatic heterocycles. The second-order valence-corrected chi connectivity index (χ2v) is 2.32. The SMILES string of the molecule is O=C(O)c1noc(-c2ccncn2)n1. The fourth-order valence-corrected chi connectivity index (χ4v) is 0.832. The zero-order chi connectivity index (χ0) is 9.97. The smallest absolute Gasteiger partial charge is 0.377 e. The molecule has 0 aromatic carbocycles. The zero-order valence-corrected chi connectivity index (χ0v) is 6.78. The average molecular weight is 192 g/mol. The summed E-state index contributed by atoms with van der Waals surface area (Å²) >= 11 is 0. The van der Waals surface area contributed by atoms with Gasteiger partial charge >= 0.3 is 5.97 Å². The first-order valence-electron chi connectivity index (χ1n) is 3.61. The Hall–Kier alpha value is -2.31. The van der Waals surface area contributed by atoms with E-state index >= 15 is 0 Å². The first-order valence-corrected chi connectivity index (χ1v) is 3.61. The van der Waals surface area contributed by atoms with Crippen LogP contribution < -0.4 is 0 Å². The van der Waals surface area contributed by atoms with Crippen LogP contribution in [0.25, 0.3) is 11.6 Å². The molecular formula is C7H4N4O3. The monoisotopic (exact) mass is 192 g/mol. The first-order chi connectivity index (χ1) is 6.77. The van der Waals surface area contributed by atoms with E-state index in [4.69, 9.17) is 5.11 Å². The van der Waals surface area contributed by atoms with E-state index in [0.717, 1.165) is 0 Å². The van der Waals surface area contributed by atoms with Crippen LogP contribution in [0.3, 0.4) is 0 Å². The van der Waals surface area contributed by atoms with Gasteiger partial charge in [-0.2, -0.15) is 4.98 Å². The molecule has 14 heavy (non-hydrogen) atoms. The van der Waals surface area contributed by atoms with Crippen molar-refractivity contribution in [3.05, 3.63) is 24.4 Å². The van der Waals surface area contributed by atoms with Crippen molar-refractivity contribution in [2.75, 3.05) is 0 Å². The van der Waals surface area contributed by atoms with Crippen LogP contribution in [0.15, 0.2) is 23.1 Å². The summed E-state index contributed by atoms with van der Waals surface area (Å²) in [5.41, 5.74) is 0.389. The molecule has 0 saturated heterocycles. The van der Waals surface area contributed by atoms with Gasteiger partial charge in [0.2, 0.25) is 0 Å². The van der Waals surface area contributed by atoms with Gasteiger partial charge in [-0.1, -0.05) is 0 Å². The number of aromatic carboxylic acids is 1. The minimum absolute atomic E-state index is 0.0600. The number of hydrogen-bond donors (Lipinski definition) is 1. The van der Waals surface area contributed by atoms with Crippen molar-refractivity contribution in [1.29, 1.82) is 0 Å². The fourth-order valence-electron chi connectivity index (χ4n) is 0.832. The van der Waals surface area contributed by atoms with E-state index in [1.807, 2.05) is 0 Å². The highest BCUT2D eigenvalue weighted by molar-refractivity contribution is 5.83. The lowest BCUT2D eigenvalue weighted by molar-refractivity contribution is 0.0680. The Bertz CT molecular complexity index is 453. The van der Waals surface area contributed by atoms with Crippen LogP contribution >= 0.6 is 0 Å². The molecule has 2 aromatic rings. The normalized spacial score (nSPS) is 10.0. The second-order valence-electron chi connectivity index (χ2n) is 2.32. The third-order valence-electron chi connectivity index (χ3n) is 1.42. The van der Waals surface area contributed by atoms with Gasteiger partial charge in [0.25, 0.3) is 11.7 Å². The summed E-state index contributed by atoms with van der Waals surface area (Å²) in [6.07, 6.45) is 2.80. The summed E-state index contributed by atoms with van der Waals surface area (Å²) in [4.78, 5) is 21.6. The molecule has 0 unspecified atom stereocenters. The van der Waals surface area contributed by atoms with Crippen LogP contribution in [0, 0.1) is 0 Å². The predicted octanol–water partition coefficient (Wildman–Crippen LogP) is 0.225. The number of nitrogens with zero attached hydrogens (tertiary/aromatic N) is 4. The lowest BCUT2D eigenvalue weighted by Gasteiger charge is -1.88. The molecule has 0 fully saturated rings. The van der Waals surface area contributed by atoms with Gasteiger partial charge in [-0.25, -0.2) is 14.8 Å². The van der Waals surface area contributed by atoms with Crippen molar-refractivity contribution in [3.8, 4) is 11.6 Å². The van der Waals surface area contributed by atoms with Crippen molar-refractivity contribution in [2.45, 2.75) is 0 Å². The maximum Gasteiger partial charge on any atom is 0.377 e. The number of hydrogen-bond acceptors (Lipinski definition) is 6. The van der Waals surface area contributed by atoms with E-state index < -0.39 is 11.8 Å². The van der Waals surface area contributed by atoms with Gasteiger partial charge in [-0.05, 0) is 11.2 Å². The number of aromatic nitrogens is 4. The Kier molecular flexibility index (Phi) is 1.90. The fraction of sp³-hybridized carbons (Fsp3) is 0. The maximum atomic E-state index is 10.4. The van der Waals surface area contributed by atoms with Crippen LogP contribution in [-0.4, -0.2) is 31.2 Å². The highest BCUT2D eigenvalue weighted by Gasteiger charge is 2.14. The number of carboxylic acids is 1. The molecule has 0 atom stereocenters. The van der Waals surface area contributed by atoms with E-state index in [1.165, 1.54) is 12.5 Å². The van der Waals surface area contributed by atoms with Gasteiger partial charge in [-0.3, -0.25) is 0 Å². The quantitative estimate of drug-likeness (QED) is 0.726. The molecule has 2 aromatic heterocycles. The van der Waals surface area contributed by atoms with Crippen LogP contribution in [0.5, 0.6) is 0 Å². The summed E-state index contributed by atoms with van der Waals surface area (Å²) < 4.78 is 4.68. The van der Waals surface area contributed by atoms with Gasteiger partial charge < -0.3 is 9.63 Å². The van der Waals surface area contributed by atoms with E-state index in [1.54, 1.807) is 6.07 Å². The van der Waals surface area contributed by atoms with Crippen molar-refractivity contribution >= 4 is 5.97 Å². The van der Waals surface area contributed by atoms with Crippen molar-refractivity contribution in [2.24, 2.45) is 0 Å². The Balaban J connectivity index is 2.39. The van der Waals surface area contributed by atoms with Gasteiger partial charge in [0, 0.05) is 6.20 Å². The molecule has 0 spiro atoms. The number of rotatable bonds is 2. The molecule has 1 N–H and O–H groups in total. The van der Waals surface area contributed by atoms with Crippen LogP contribution in [0.1, 0.15) is 10.6 Å². The third-order valence-corrected chi connectivity index (χ3v) is 1.42. The Morgan fingerprint density at radius 2 is 2.36 bits per heavy atom. The summed E-state index contributed by atoms with van der Waals surface area (Å²) in [5.74, 6) is -1.57. The highest BCUT2D eigenvalue weighted by atomic mass is 16.5. The minimum atomic E-state index is -1.24. The summed E-state index contributed by atoms with van der Waals surface area (Å²) in [6, 6.07) is 1.54. The summed E-state index contributed by atoms with van der Waals surface area (Å²) in [7, 11) is 0. The van der Waals surface area contributed by atoms with Crippen LogP contribution in [0.2, 0.25) is 0 Å². The Morgan fingerprint density at radius 3 is 2.93 bits per heavy atom. The van der Waals surface area contributed by atoms with Crippen molar-refractivity contribution in [1.82, 2.24) is 20.1 Å². The molecule has 2 rings (SSSR count). The van der Waals surface area contributed by atoms with E-state index in [0.29, 0.717) is 5.69 Å². The van der Waals surface area contributed by atoms with Gasteiger partial charge in [-0.15, -0.1) is 0 Å². The largest absolute Gasteiger partial charge is 0.475 e. The number of carboxylic acid groups (broad SMARTS) is 1. The first kappa shape index (κ1) is 8.30. The average Bonchev–Trinajstić information content (AvgIpc) is 2.68. The molecule has 7 nitrogen and oxygen atoms in total. The summed E-state index contributed by atoms with van der Waals surface area (Å²) in [5, 5.41) is 11.8. The molecule has 70 valence electrons. The highest BCUT2D eigenvalue weighted by Crippen LogP contribution is 2.11. The lowest BCUT2D eigenvalue weighted by Crippen LogP contribution is -1.98. The van der Waals surface area contributed by atoms with Crippen molar-refractivity contribution in [3.63, 3.8) is 0 Å². The lowest BCUT2D eigenvalue weighted by atomic mass is 10.4. The molecule has 0 amide bonds. The maximum absolute atomic E-state index is 10.4. The molecule has 0 saturated carbocycles. The third kappa shape index (κ3) is 1.42. The zero-order valence-electron chi connectivity index (χ0n) is 6.78. The van der Waals surface area contributed by atoms with Crippen LogP contribution in [0.4, 0.5) is 0 Å². The second kappa shape index (κ2) is 3.21. The molecule has 0 bridgehead atoms. The Morgan fingerprint density at radius 1 is 1.50 bits per heavy atom. The van der Waals surface area contributed by atoms with Gasteiger partial charge in [0.1, 0.15) is 12.0 Å². The molecule has 0 aliphatic rings. The van der Waals surface area contributed by atoms with E-state index in [9.17, 15) is 4.79 Å². The summed E-state index contributed by atoms with van der Waals surface area (Å²) in [6.45, 7) is 0. The number of carbonyl (C=O) groups is 1. The predicted molar refractivity (Wildman–Crippen MR) is 42.3 cm³/mol. The van der Waals surface area contributed by atoms with Gasteiger partial charge in [0.05, 0.1) is 0 Å². The topological polar surface area (TPSA) is 102 Å². The molecular weight excluding hydrogens is 188 g/mol. The van der Waals surface area contributed by atoms with E-state index in [2.05, 4.69) is 24.6 Å². The Labute approximate surface area is 77.4 Å². The molecule has 0 aliphatic carbocycles. The van der Waals surface area contributed by atoms with Gasteiger partial charge in [0.15, 0.2) is 0 Å². The molecule has 7 heteroatoms. The minimum Gasteiger partial charge on any atom is -0.475 e.